The van der Waals surface area contributed by atoms with Crippen LogP contribution >= 0.6 is 0 Å². The summed E-state index contributed by atoms with van der Waals surface area (Å²) in [7, 11) is 0. The van der Waals surface area contributed by atoms with Crippen LogP contribution in [0.1, 0.15) is 27.2 Å². The van der Waals surface area contributed by atoms with Crippen molar-refractivity contribution in [3.8, 4) is 0 Å². The Kier molecular flexibility index (Phi) is 6.67. The number of carbonyl (C=O) groups is 2. The minimum atomic E-state index is -1.16. The number of ether oxygens (including phenoxy) is 2. The van der Waals surface area contributed by atoms with Crippen molar-refractivity contribution >= 4 is 11.9 Å². The Bertz CT molecular complexity index is 235. The number of aliphatic hydroxyl groups excluding tert-OH is 2. The molecule has 3 atom stereocenters. The molecule has 0 unspecified atom stereocenters. The molecule has 16 heavy (non-hydrogen) atoms. The van der Waals surface area contributed by atoms with Crippen LogP contribution < -0.4 is 0 Å². The van der Waals surface area contributed by atoms with E-state index in [0.717, 1.165) is 0 Å². The largest absolute Gasteiger partial charge is 0.464 e. The lowest BCUT2D eigenvalue weighted by Crippen LogP contribution is -2.26. The molecule has 0 saturated heterocycles. The number of carbonyl (C=O) groups excluding carboxylic acids is 2. The van der Waals surface area contributed by atoms with Crippen molar-refractivity contribution in [2.75, 3.05) is 6.61 Å². The molecule has 0 aromatic heterocycles. The maximum Gasteiger partial charge on any atom is 0.334 e. The SMILES string of the molecule is C[C@@H](CCOC(=O)[C@@H](C)O)OC(=O)[C@@H](C)O. The summed E-state index contributed by atoms with van der Waals surface area (Å²) in [6, 6.07) is 0. The van der Waals surface area contributed by atoms with Gasteiger partial charge in [0.2, 0.25) is 0 Å². The number of aliphatic hydroxyl groups is 2. The first-order chi connectivity index (χ1) is 7.34. The van der Waals surface area contributed by atoms with Crippen molar-refractivity contribution < 1.29 is 29.3 Å². The average molecular weight is 234 g/mol. The molecule has 0 heterocycles. The highest BCUT2D eigenvalue weighted by molar-refractivity contribution is 5.74. The van der Waals surface area contributed by atoms with E-state index in [1.54, 1.807) is 6.92 Å². The summed E-state index contributed by atoms with van der Waals surface area (Å²) >= 11 is 0. The zero-order chi connectivity index (χ0) is 12.7. The Balaban J connectivity index is 3.70. The second-order valence-electron chi connectivity index (χ2n) is 3.56. The molecule has 0 aromatic carbocycles. The molecule has 0 radical (unpaired) electrons. The maximum absolute atomic E-state index is 10.9. The quantitative estimate of drug-likeness (QED) is 0.608. The Morgan fingerprint density at radius 3 is 2.00 bits per heavy atom. The molecule has 0 aromatic rings. The molecule has 2 N–H and O–H groups in total. The summed E-state index contributed by atoms with van der Waals surface area (Å²) in [5.74, 6) is -1.43. The van der Waals surface area contributed by atoms with Crippen LogP contribution in [0.5, 0.6) is 0 Å². The van der Waals surface area contributed by atoms with E-state index in [2.05, 4.69) is 4.74 Å². The van der Waals surface area contributed by atoms with E-state index in [0.29, 0.717) is 6.42 Å². The van der Waals surface area contributed by atoms with Crippen LogP contribution in [0.4, 0.5) is 0 Å². The monoisotopic (exact) mass is 234 g/mol. The van der Waals surface area contributed by atoms with Crippen LogP contribution in [0.15, 0.2) is 0 Å². The molecule has 0 fully saturated rings. The lowest BCUT2D eigenvalue weighted by molar-refractivity contribution is -0.159. The smallest absolute Gasteiger partial charge is 0.334 e. The van der Waals surface area contributed by atoms with Crippen LogP contribution in [0.2, 0.25) is 0 Å². The predicted molar refractivity (Wildman–Crippen MR) is 54.5 cm³/mol. The van der Waals surface area contributed by atoms with Gasteiger partial charge in [0.25, 0.3) is 0 Å². The first-order valence-electron chi connectivity index (χ1n) is 5.07. The fourth-order valence-electron chi connectivity index (χ4n) is 0.802. The van der Waals surface area contributed by atoms with Crippen molar-refractivity contribution in [3.63, 3.8) is 0 Å². The fourth-order valence-corrected chi connectivity index (χ4v) is 0.802. The number of hydrogen-bond donors (Lipinski definition) is 2. The molecule has 0 saturated carbocycles. The fraction of sp³-hybridized carbons (Fsp3) is 0.800. The highest BCUT2D eigenvalue weighted by Gasteiger charge is 2.15. The second kappa shape index (κ2) is 7.19. The first-order valence-corrected chi connectivity index (χ1v) is 5.07. The summed E-state index contributed by atoms with van der Waals surface area (Å²) in [4.78, 5) is 21.8. The van der Waals surface area contributed by atoms with Crippen molar-refractivity contribution in [2.45, 2.75) is 45.5 Å². The summed E-state index contributed by atoms with van der Waals surface area (Å²) in [5.41, 5.74) is 0. The molecule has 0 spiro atoms. The van der Waals surface area contributed by atoms with Gasteiger partial charge in [0.05, 0.1) is 6.61 Å². The van der Waals surface area contributed by atoms with Crippen LogP contribution in [0, 0.1) is 0 Å². The van der Waals surface area contributed by atoms with E-state index in [9.17, 15) is 9.59 Å². The Morgan fingerprint density at radius 2 is 1.56 bits per heavy atom. The molecule has 0 amide bonds. The first kappa shape index (κ1) is 14.9. The molecule has 0 aliphatic heterocycles. The second-order valence-corrected chi connectivity index (χ2v) is 3.56. The molecule has 6 nitrogen and oxygen atoms in total. The van der Waals surface area contributed by atoms with Gasteiger partial charge in [-0.15, -0.1) is 0 Å². The standard InChI is InChI=1S/C10H18O6/c1-6(16-10(14)8(3)12)4-5-15-9(13)7(2)11/h6-8,11-12H,4-5H2,1-3H3/t6-,7+,8+/m0/s1. The number of hydrogen-bond acceptors (Lipinski definition) is 6. The maximum atomic E-state index is 10.9. The average Bonchev–Trinajstić information content (AvgIpc) is 2.16. The van der Waals surface area contributed by atoms with E-state index in [4.69, 9.17) is 14.9 Å². The highest BCUT2D eigenvalue weighted by atomic mass is 16.6. The lowest BCUT2D eigenvalue weighted by atomic mass is 10.3. The van der Waals surface area contributed by atoms with Gasteiger partial charge in [-0.1, -0.05) is 0 Å². The van der Waals surface area contributed by atoms with E-state index < -0.39 is 30.3 Å². The van der Waals surface area contributed by atoms with Gasteiger partial charge in [-0.2, -0.15) is 0 Å². The van der Waals surface area contributed by atoms with E-state index in [1.165, 1.54) is 13.8 Å². The molecule has 0 aliphatic carbocycles. The normalized spacial score (nSPS) is 16.1. The zero-order valence-electron chi connectivity index (χ0n) is 9.67. The van der Waals surface area contributed by atoms with E-state index >= 15 is 0 Å². The number of esters is 2. The zero-order valence-corrected chi connectivity index (χ0v) is 9.67. The number of rotatable bonds is 6. The van der Waals surface area contributed by atoms with Gasteiger partial charge in [-0.3, -0.25) is 0 Å². The van der Waals surface area contributed by atoms with Crippen LogP contribution in [0.25, 0.3) is 0 Å². The van der Waals surface area contributed by atoms with Gasteiger partial charge < -0.3 is 19.7 Å². The van der Waals surface area contributed by atoms with E-state index in [-0.39, 0.29) is 6.61 Å². The summed E-state index contributed by atoms with van der Waals surface area (Å²) < 4.78 is 9.48. The molecular weight excluding hydrogens is 216 g/mol. The minimum absolute atomic E-state index is 0.0536. The van der Waals surface area contributed by atoms with Crippen molar-refractivity contribution in [1.82, 2.24) is 0 Å². The predicted octanol–water partition coefficient (Wildman–Crippen LogP) is -0.387. The summed E-state index contributed by atoms with van der Waals surface area (Å²) in [6.45, 7) is 4.29. The molecule has 0 bridgehead atoms. The van der Waals surface area contributed by atoms with Gasteiger partial charge in [0.1, 0.15) is 18.3 Å². The van der Waals surface area contributed by atoms with E-state index in [1.807, 2.05) is 0 Å². The van der Waals surface area contributed by atoms with Gasteiger partial charge >= 0.3 is 11.9 Å². The Morgan fingerprint density at radius 1 is 1.06 bits per heavy atom. The Hall–Kier alpha value is -1.14. The lowest BCUT2D eigenvalue weighted by Gasteiger charge is -2.14. The van der Waals surface area contributed by atoms with Crippen molar-refractivity contribution in [1.29, 1.82) is 0 Å². The van der Waals surface area contributed by atoms with Crippen LogP contribution in [-0.2, 0) is 19.1 Å². The molecule has 0 aliphatic rings. The third-order valence-electron chi connectivity index (χ3n) is 1.77. The van der Waals surface area contributed by atoms with Crippen molar-refractivity contribution in [3.05, 3.63) is 0 Å². The van der Waals surface area contributed by atoms with Gasteiger partial charge in [0, 0.05) is 6.42 Å². The van der Waals surface area contributed by atoms with Crippen LogP contribution in [0.3, 0.4) is 0 Å². The summed E-state index contributed by atoms with van der Waals surface area (Å²) in [6.07, 6.45) is -2.46. The topological polar surface area (TPSA) is 93.1 Å². The van der Waals surface area contributed by atoms with Gasteiger partial charge in [-0.05, 0) is 20.8 Å². The molecular formula is C10H18O6. The van der Waals surface area contributed by atoms with Gasteiger partial charge in [0.15, 0.2) is 0 Å². The molecule has 6 heteroatoms. The third-order valence-corrected chi connectivity index (χ3v) is 1.77. The summed E-state index contributed by atoms with van der Waals surface area (Å²) in [5, 5.41) is 17.7. The van der Waals surface area contributed by atoms with Crippen molar-refractivity contribution in [2.24, 2.45) is 0 Å². The van der Waals surface area contributed by atoms with Crippen LogP contribution in [-0.4, -0.2) is 47.1 Å². The third kappa shape index (κ3) is 6.36. The highest BCUT2D eigenvalue weighted by Crippen LogP contribution is 2.01. The van der Waals surface area contributed by atoms with Gasteiger partial charge in [-0.25, -0.2) is 9.59 Å². The molecule has 94 valence electrons. The Labute approximate surface area is 94.2 Å². The minimum Gasteiger partial charge on any atom is -0.464 e. The molecule has 0 rings (SSSR count).